The molecule has 2 heterocycles. The number of hydrogen-bond acceptors (Lipinski definition) is 4. The lowest BCUT2D eigenvalue weighted by molar-refractivity contribution is 0.0657. The molecule has 20 heavy (non-hydrogen) atoms. The van der Waals surface area contributed by atoms with Gasteiger partial charge in [0.2, 0.25) is 0 Å². The molecule has 1 N–H and O–H groups in total. The Hall–Kier alpha value is -2.18. The van der Waals surface area contributed by atoms with Crippen LogP contribution in [0.5, 0.6) is 0 Å². The number of urea groups is 1. The van der Waals surface area contributed by atoms with Crippen molar-refractivity contribution in [3.05, 3.63) is 24.3 Å². The molecule has 1 aromatic heterocycles. The molecule has 0 spiro atoms. The fourth-order valence-corrected chi connectivity index (χ4v) is 2.02. The summed E-state index contributed by atoms with van der Waals surface area (Å²) < 4.78 is 0. The highest BCUT2D eigenvalue weighted by Gasteiger charge is 2.25. The number of piperazine rings is 1. The molecule has 0 atom stereocenters. The van der Waals surface area contributed by atoms with Gasteiger partial charge in [-0.3, -0.25) is 9.78 Å². The first-order valence-corrected chi connectivity index (χ1v) is 6.68. The molecule has 1 aliphatic heterocycles. The fourth-order valence-electron chi connectivity index (χ4n) is 2.02. The van der Waals surface area contributed by atoms with Crippen molar-refractivity contribution >= 4 is 11.9 Å². The zero-order chi connectivity index (χ0) is 14.5. The Labute approximate surface area is 118 Å². The molecule has 0 aromatic carbocycles. The Morgan fingerprint density at radius 2 is 1.80 bits per heavy atom. The van der Waals surface area contributed by atoms with Crippen LogP contribution in [0.15, 0.2) is 18.6 Å². The Morgan fingerprint density at radius 3 is 2.35 bits per heavy atom. The predicted molar refractivity (Wildman–Crippen MR) is 73.2 cm³/mol. The zero-order valence-corrected chi connectivity index (χ0v) is 11.7. The van der Waals surface area contributed by atoms with Gasteiger partial charge >= 0.3 is 6.03 Å². The number of aromatic nitrogens is 2. The highest BCUT2D eigenvalue weighted by Crippen LogP contribution is 2.06. The molecule has 1 aliphatic rings. The number of nitrogens with zero attached hydrogens (tertiary/aromatic N) is 4. The van der Waals surface area contributed by atoms with Crippen LogP contribution in [0.25, 0.3) is 0 Å². The maximum atomic E-state index is 12.2. The van der Waals surface area contributed by atoms with Gasteiger partial charge in [0.25, 0.3) is 5.91 Å². The summed E-state index contributed by atoms with van der Waals surface area (Å²) in [4.78, 5) is 35.3. The quantitative estimate of drug-likeness (QED) is 0.846. The lowest BCUT2D eigenvalue weighted by Gasteiger charge is -2.34. The van der Waals surface area contributed by atoms with Crippen molar-refractivity contribution in [3.8, 4) is 0 Å². The average Bonchev–Trinajstić information content (AvgIpc) is 2.47. The van der Waals surface area contributed by atoms with Gasteiger partial charge in [-0.1, -0.05) is 0 Å². The van der Waals surface area contributed by atoms with E-state index in [-0.39, 0.29) is 18.0 Å². The molecule has 0 radical (unpaired) electrons. The molecular formula is C13H19N5O2. The van der Waals surface area contributed by atoms with Crippen LogP contribution in [0.2, 0.25) is 0 Å². The molecule has 7 nitrogen and oxygen atoms in total. The lowest BCUT2D eigenvalue weighted by Crippen LogP contribution is -2.54. The van der Waals surface area contributed by atoms with Crippen molar-refractivity contribution < 1.29 is 9.59 Å². The molecule has 1 fully saturated rings. The molecule has 2 rings (SSSR count). The van der Waals surface area contributed by atoms with E-state index in [1.54, 1.807) is 9.80 Å². The van der Waals surface area contributed by atoms with E-state index in [0.29, 0.717) is 31.9 Å². The summed E-state index contributed by atoms with van der Waals surface area (Å²) in [6, 6.07) is 0.0355. The summed E-state index contributed by atoms with van der Waals surface area (Å²) in [5.74, 6) is -0.137. The third-order valence-corrected chi connectivity index (χ3v) is 3.05. The largest absolute Gasteiger partial charge is 0.336 e. The van der Waals surface area contributed by atoms with Crippen LogP contribution in [0.3, 0.4) is 0 Å². The first-order valence-electron chi connectivity index (χ1n) is 6.68. The second-order valence-corrected chi connectivity index (χ2v) is 4.97. The van der Waals surface area contributed by atoms with E-state index in [2.05, 4.69) is 15.3 Å². The molecule has 1 aromatic rings. The van der Waals surface area contributed by atoms with E-state index in [0.717, 1.165) is 0 Å². The zero-order valence-electron chi connectivity index (χ0n) is 11.7. The number of carbonyl (C=O) groups is 2. The van der Waals surface area contributed by atoms with Crippen LogP contribution < -0.4 is 5.32 Å². The number of hydrogen-bond donors (Lipinski definition) is 1. The number of carbonyl (C=O) groups excluding carboxylic acids is 2. The van der Waals surface area contributed by atoms with Gasteiger partial charge in [-0.2, -0.15) is 0 Å². The molecule has 0 saturated carbocycles. The first-order chi connectivity index (χ1) is 9.58. The smallest absolute Gasteiger partial charge is 0.317 e. The minimum absolute atomic E-state index is 0.0772. The molecule has 0 bridgehead atoms. The summed E-state index contributed by atoms with van der Waals surface area (Å²) in [5, 5.41) is 2.85. The summed E-state index contributed by atoms with van der Waals surface area (Å²) >= 11 is 0. The summed E-state index contributed by atoms with van der Waals surface area (Å²) in [6.45, 7) is 5.94. The third kappa shape index (κ3) is 3.43. The van der Waals surface area contributed by atoms with Gasteiger partial charge in [-0.15, -0.1) is 0 Å². The molecule has 108 valence electrons. The maximum absolute atomic E-state index is 12.2. The molecule has 3 amide bonds. The predicted octanol–water partition coefficient (Wildman–Crippen LogP) is 0.352. The normalized spacial score (nSPS) is 15.3. The summed E-state index contributed by atoms with van der Waals surface area (Å²) in [7, 11) is 0. The fraction of sp³-hybridized carbons (Fsp3) is 0.538. The van der Waals surface area contributed by atoms with Gasteiger partial charge in [0.15, 0.2) is 0 Å². The van der Waals surface area contributed by atoms with E-state index in [1.165, 1.54) is 18.6 Å². The van der Waals surface area contributed by atoms with Gasteiger partial charge in [-0.05, 0) is 13.8 Å². The van der Waals surface area contributed by atoms with Crippen LogP contribution in [0, 0.1) is 0 Å². The van der Waals surface area contributed by atoms with Crippen LogP contribution in [0.1, 0.15) is 24.3 Å². The van der Waals surface area contributed by atoms with E-state index < -0.39 is 0 Å². The Kier molecular flexibility index (Phi) is 4.49. The van der Waals surface area contributed by atoms with Crippen molar-refractivity contribution in [2.75, 3.05) is 26.2 Å². The summed E-state index contributed by atoms with van der Waals surface area (Å²) in [5.41, 5.74) is 0.340. The monoisotopic (exact) mass is 277 g/mol. The van der Waals surface area contributed by atoms with E-state index in [1.807, 2.05) is 13.8 Å². The lowest BCUT2D eigenvalue weighted by atomic mass is 10.3. The number of nitrogens with one attached hydrogen (secondary N) is 1. The van der Waals surface area contributed by atoms with Crippen molar-refractivity contribution in [1.82, 2.24) is 25.1 Å². The van der Waals surface area contributed by atoms with Gasteiger partial charge in [0.05, 0.1) is 6.20 Å². The van der Waals surface area contributed by atoms with Gasteiger partial charge in [0, 0.05) is 44.6 Å². The SMILES string of the molecule is CC(C)NC(=O)N1CCN(C(=O)c2cnccn2)CC1. The molecule has 0 aliphatic carbocycles. The minimum Gasteiger partial charge on any atom is -0.336 e. The highest BCUT2D eigenvalue weighted by atomic mass is 16.2. The van der Waals surface area contributed by atoms with Crippen molar-refractivity contribution in [2.24, 2.45) is 0 Å². The first kappa shape index (κ1) is 14.2. The molecular weight excluding hydrogens is 258 g/mol. The highest BCUT2D eigenvalue weighted by molar-refractivity contribution is 5.92. The standard InChI is InChI=1S/C13H19N5O2/c1-10(2)16-13(20)18-7-5-17(6-8-18)12(19)11-9-14-3-4-15-11/h3-4,9-10H,5-8H2,1-2H3,(H,16,20). The topological polar surface area (TPSA) is 78.4 Å². The second kappa shape index (κ2) is 6.31. The molecule has 7 heteroatoms. The van der Waals surface area contributed by atoms with Gasteiger partial charge in [-0.25, -0.2) is 9.78 Å². The Morgan fingerprint density at radius 1 is 1.15 bits per heavy atom. The van der Waals surface area contributed by atoms with Gasteiger partial charge < -0.3 is 15.1 Å². The van der Waals surface area contributed by atoms with Crippen LogP contribution >= 0.6 is 0 Å². The number of rotatable bonds is 2. The maximum Gasteiger partial charge on any atom is 0.317 e. The van der Waals surface area contributed by atoms with Gasteiger partial charge in [0.1, 0.15) is 5.69 Å². The van der Waals surface area contributed by atoms with Crippen molar-refractivity contribution in [3.63, 3.8) is 0 Å². The Balaban J connectivity index is 1.88. The van der Waals surface area contributed by atoms with Crippen LogP contribution in [-0.2, 0) is 0 Å². The second-order valence-electron chi connectivity index (χ2n) is 4.97. The third-order valence-electron chi connectivity index (χ3n) is 3.05. The van der Waals surface area contributed by atoms with E-state index in [4.69, 9.17) is 0 Å². The Bertz CT molecular complexity index is 469. The van der Waals surface area contributed by atoms with Crippen LogP contribution in [0.4, 0.5) is 4.79 Å². The van der Waals surface area contributed by atoms with Crippen molar-refractivity contribution in [2.45, 2.75) is 19.9 Å². The average molecular weight is 277 g/mol. The van der Waals surface area contributed by atoms with E-state index >= 15 is 0 Å². The van der Waals surface area contributed by atoms with Crippen molar-refractivity contribution in [1.29, 1.82) is 0 Å². The van der Waals surface area contributed by atoms with E-state index in [9.17, 15) is 9.59 Å². The molecule has 0 unspecified atom stereocenters. The summed E-state index contributed by atoms with van der Waals surface area (Å²) in [6.07, 6.45) is 4.49. The minimum atomic E-state index is -0.137. The van der Waals surface area contributed by atoms with Crippen LogP contribution in [-0.4, -0.2) is 63.9 Å². The molecule has 1 saturated heterocycles. The number of amides is 3.